The Kier molecular flexibility index (Phi) is 7.46. The summed E-state index contributed by atoms with van der Waals surface area (Å²) in [6, 6.07) is 12.8. The lowest BCUT2D eigenvalue weighted by Crippen LogP contribution is -2.35. The lowest BCUT2D eigenvalue weighted by Gasteiger charge is -2.25. The molecule has 1 unspecified atom stereocenters. The third kappa shape index (κ3) is 5.83. The molecule has 3 rings (SSSR count). The van der Waals surface area contributed by atoms with Crippen LogP contribution in [0.3, 0.4) is 0 Å². The van der Waals surface area contributed by atoms with Crippen molar-refractivity contribution in [2.75, 3.05) is 39.3 Å². The highest BCUT2D eigenvalue weighted by Gasteiger charge is 2.21. The largest absolute Gasteiger partial charge is 0.494 e. The molecule has 1 aliphatic rings. The van der Waals surface area contributed by atoms with E-state index in [0.29, 0.717) is 18.7 Å². The van der Waals surface area contributed by atoms with Gasteiger partial charge in [0.2, 0.25) is 5.91 Å². The van der Waals surface area contributed by atoms with Crippen molar-refractivity contribution in [3.05, 3.63) is 65.5 Å². The fourth-order valence-electron chi connectivity index (χ4n) is 3.45. The molecule has 6 heteroatoms. The standard InChI is InChI=1S/C24H29FN2O3/c1-26(2)20-10-6-19(7-11-20)16-27(17-21-5-4-14-30-21)24(28)13-9-18-8-12-23(29-3)22(25)15-18/h6-13,15,21H,4-5,14,16-17H2,1-3H3. The highest BCUT2D eigenvalue weighted by atomic mass is 19.1. The highest BCUT2D eigenvalue weighted by Crippen LogP contribution is 2.20. The van der Waals surface area contributed by atoms with Crippen molar-refractivity contribution in [1.82, 2.24) is 4.90 Å². The third-order valence-electron chi connectivity index (χ3n) is 5.18. The molecule has 2 aromatic carbocycles. The van der Waals surface area contributed by atoms with E-state index in [1.54, 1.807) is 23.1 Å². The van der Waals surface area contributed by atoms with Crippen LogP contribution in [-0.2, 0) is 16.1 Å². The molecule has 30 heavy (non-hydrogen) atoms. The van der Waals surface area contributed by atoms with Crippen molar-refractivity contribution in [2.45, 2.75) is 25.5 Å². The number of carbonyl (C=O) groups is 1. The van der Waals surface area contributed by atoms with Crippen LogP contribution in [0, 0.1) is 5.82 Å². The second-order valence-corrected chi connectivity index (χ2v) is 7.64. The number of amides is 1. The highest BCUT2D eigenvalue weighted by molar-refractivity contribution is 5.91. The lowest BCUT2D eigenvalue weighted by atomic mass is 10.1. The molecule has 1 fully saturated rings. The Morgan fingerprint density at radius 3 is 2.60 bits per heavy atom. The number of rotatable bonds is 8. The summed E-state index contributed by atoms with van der Waals surface area (Å²) in [6.07, 6.45) is 5.15. The number of hydrogen-bond acceptors (Lipinski definition) is 4. The minimum Gasteiger partial charge on any atom is -0.494 e. The Balaban J connectivity index is 1.73. The van der Waals surface area contributed by atoms with Gasteiger partial charge >= 0.3 is 0 Å². The second kappa shape index (κ2) is 10.3. The zero-order valence-corrected chi connectivity index (χ0v) is 17.8. The monoisotopic (exact) mass is 412 g/mol. The number of halogens is 1. The van der Waals surface area contributed by atoms with Crippen LogP contribution in [0.15, 0.2) is 48.5 Å². The minimum absolute atomic E-state index is 0.0572. The van der Waals surface area contributed by atoms with Gasteiger partial charge in [0.25, 0.3) is 0 Å². The van der Waals surface area contributed by atoms with Crippen molar-refractivity contribution >= 4 is 17.7 Å². The Morgan fingerprint density at radius 1 is 1.23 bits per heavy atom. The number of hydrogen-bond donors (Lipinski definition) is 0. The Morgan fingerprint density at radius 2 is 2.00 bits per heavy atom. The first-order valence-corrected chi connectivity index (χ1v) is 10.1. The van der Waals surface area contributed by atoms with Crippen molar-refractivity contribution in [3.8, 4) is 5.75 Å². The molecule has 1 aliphatic heterocycles. The van der Waals surface area contributed by atoms with Gasteiger partial charge in [0.1, 0.15) is 0 Å². The molecule has 1 heterocycles. The number of methoxy groups -OCH3 is 1. The first-order chi connectivity index (χ1) is 14.5. The van der Waals surface area contributed by atoms with Crippen molar-refractivity contribution in [1.29, 1.82) is 0 Å². The predicted molar refractivity (Wildman–Crippen MR) is 117 cm³/mol. The van der Waals surface area contributed by atoms with Crippen LogP contribution >= 0.6 is 0 Å². The molecule has 0 bridgehead atoms. The van der Waals surface area contributed by atoms with Gasteiger partial charge in [0, 0.05) is 45.6 Å². The maximum atomic E-state index is 13.9. The SMILES string of the molecule is COc1ccc(C=CC(=O)N(Cc2ccc(N(C)C)cc2)CC2CCCO2)cc1F. The summed E-state index contributed by atoms with van der Waals surface area (Å²) in [4.78, 5) is 16.8. The number of nitrogens with zero attached hydrogens (tertiary/aromatic N) is 2. The molecule has 1 atom stereocenters. The third-order valence-corrected chi connectivity index (χ3v) is 5.18. The lowest BCUT2D eigenvalue weighted by molar-refractivity contribution is -0.128. The molecule has 0 saturated carbocycles. The normalized spacial score (nSPS) is 16.1. The number of anilines is 1. The van der Waals surface area contributed by atoms with E-state index in [9.17, 15) is 9.18 Å². The zero-order valence-electron chi connectivity index (χ0n) is 17.8. The number of carbonyl (C=O) groups excluding carboxylic acids is 1. The molecule has 1 amide bonds. The molecule has 5 nitrogen and oxygen atoms in total. The van der Waals surface area contributed by atoms with Gasteiger partial charge in [0.15, 0.2) is 11.6 Å². The van der Waals surface area contributed by atoms with Gasteiger partial charge in [-0.2, -0.15) is 0 Å². The van der Waals surface area contributed by atoms with Crippen LogP contribution in [-0.4, -0.2) is 51.3 Å². The summed E-state index contributed by atoms with van der Waals surface area (Å²) in [6.45, 7) is 1.77. The van der Waals surface area contributed by atoms with Crippen molar-refractivity contribution in [3.63, 3.8) is 0 Å². The van der Waals surface area contributed by atoms with Gasteiger partial charge in [0.05, 0.1) is 13.2 Å². The van der Waals surface area contributed by atoms with E-state index in [2.05, 4.69) is 0 Å². The summed E-state index contributed by atoms with van der Waals surface area (Å²) in [5.41, 5.74) is 2.77. The van der Waals surface area contributed by atoms with Gasteiger partial charge in [-0.3, -0.25) is 4.79 Å². The first-order valence-electron chi connectivity index (χ1n) is 10.1. The van der Waals surface area contributed by atoms with E-state index >= 15 is 0 Å². The van der Waals surface area contributed by atoms with Gasteiger partial charge in [-0.1, -0.05) is 18.2 Å². The maximum Gasteiger partial charge on any atom is 0.246 e. The molecule has 2 aromatic rings. The Labute approximate surface area is 177 Å². The van der Waals surface area contributed by atoms with E-state index < -0.39 is 5.82 Å². The molecular weight excluding hydrogens is 383 g/mol. The van der Waals surface area contributed by atoms with Gasteiger partial charge in [-0.25, -0.2) is 4.39 Å². The average Bonchev–Trinajstić information content (AvgIpc) is 3.25. The number of benzene rings is 2. The fraction of sp³-hybridized carbons (Fsp3) is 0.375. The van der Waals surface area contributed by atoms with Crippen LogP contribution in [0.5, 0.6) is 5.75 Å². The molecule has 0 aromatic heterocycles. The van der Waals surface area contributed by atoms with Crippen molar-refractivity contribution < 1.29 is 18.7 Å². The van der Waals surface area contributed by atoms with Gasteiger partial charge in [-0.15, -0.1) is 0 Å². The quantitative estimate of drug-likeness (QED) is 0.612. The fourth-order valence-corrected chi connectivity index (χ4v) is 3.45. The molecule has 0 radical (unpaired) electrons. The van der Waals surface area contributed by atoms with E-state index in [0.717, 1.165) is 30.7 Å². The summed E-state index contributed by atoms with van der Waals surface area (Å²) in [5, 5.41) is 0. The minimum atomic E-state index is -0.454. The smallest absolute Gasteiger partial charge is 0.246 e. The van der Waals surface area contributed by atoms with Gasteiger partial charge in [-0.05, 0) is 54.3 Å². The van der Waals surface area contributed by atoms with Gasteiger partial charge < -0.3 is 19.3 Å². The number of ether oxygens (including phenoxy) is 2. The second-order valence-electron chi connectivity index (χ2n) is 7.64. The molecule has 1 saturated heterocycles. The Hall–Kier alpha value is -2.86. The summed E-state index contributed by atoms with van der Waals surface area (Å²) in [5.74, 6) is -0.401. The van der Waals surface area contributed by atoms with Crippen LogP contribution < -0.4 is 9.64 Å². The molecule has 160 valence electrons. The van der Waals surface area contributed by atoms with Crippen molar-refractivity contribution in [2.24, 2.45) is 0 Å². The van der Waals surface area contributed by atoms with E-state index in [4.69, 9.17) is 9.47 Å². The topological polar surface area (TPSA) is 42.0 Å². The Bertz CT molecular complexity index is 875. The summed E-state index contributed by atoms with van der Waals surface area (Å²) >= 11 is 0. The molecular formula is C24H29FN2O3. The summed E-state index contributed by atoms with van der Waals surface area (Å²) < 4.78 is 24.6. The molecule has 0 spiro atoms. The zero-order chi connectivity index (χ0) is 21.5. The predicted octanol–water partition coefficient (Wildman–Crippen LogP) is 4.12. The van der Waals surface area contributed by atoms with Crippen LogP contribution in [0.2, 0.25) is 0 Å². The van der Waals surface area contributed by atoms with Crippen LogP contribution in [0.25, 0.3) is 6.08 Å². The van der Waals surface area contributed by atoms with E-state index in [1.165, 1.54) is 19.3 Å². The van der Waals surface area contributed by atoms with E-state index in [1.807, 2.05) is 43.3 Å². The molecule has 0 N–H and O–H groups in total. The maximum absolute atomic E-state index is 13.9. The molecule has 0 aliphatic carbocycles. The van der Waals surface area contributed by atoms with Crippen LogP contribution in [0.1, 0.15) is 24.0 Å². The average molecular weight is 413 g/mol. The summed E-state index contributed by atoms with van der Waals surface area (Å²) in [7, 11) is 5.41. The first kappa shape index (κ1) is 21.8. The van der Waals surface area contributed by atoms with Crippen LogP contribution in [0.4, 0.5) is 10.1 Å². The van der Waals surface area contributed by atoms with E-state index in [-0.39, 0.29) is 17.8 Å².